The molecule has 1 atom stereocenters. The smallest absolute Gasteiger partial charge is 0.323 e. The van der Waals surface area contributed by atoms with Crippen molar-refractivity contribution in [3.8, 4) is 5.75 Å². The molecule has 27 heavy (non-hydrogen) atoms. The number of hydrogen-bond donors (Lipinski definition) is 3. The van der Waals surface area contributed by atoms with Gasteiger partial charge in [-0.3, -0.25) is 5.32 Å². The molecule has 7 heteroatoms. The number of phenolic OH excluding ortho intramolecular Hbond substituents is 1. The lowest BCUT2D eigenvalue weighted by atomic mass is 10.1. The fourth-order valence-electron chi connectivity index (χ4n) is 3.11. The minimum Gasteiger partial charge on any atom is -0.508 e. The normalized spacial score (nSPS) is 12.2. The van der Waals surface area contributed by atoms with Crippen molar-refractivity contribution >= 4 is 11.8 Å². The van der Waals surface area contributed by atoms with Crippen LogP contribution >= 0.6 is 0 Å². The van der Waals surface area contributed by atoms with Gasteiger partial charge in [0.25, 0.3) is 0 Å². The number of aliphatic hydroxyl groups is 1. The molecule has 2 amide bonds. The number of aromatic nitrogens is 2. The van der Waals surface area contributed by atoms with Gasteiger partial charge in [-0.1, -0.05) is 26.0 Å². The highest BCUT2D eigenvalue weighted by Crippen LogP contribution is 2.23. The summed E-state index contributed by atoms with van der Waals surface area (Å²) in [6, 6.07) is 8.23. The lowest BCUT2D eigenvalue weighted by Crippen LogP contribution is -2.38. The van der Waals surface area contributed by atoms with Gasteiger partial charge in [0, 0.05) is 12.6 Å². The molecule has 0 aliphatic rings. The van der Waals surface area contributed by atoms with Gasteiger partial charge >= 0.3 is 6.03 Å². The van der Waals surface area contributed by atoms with E-state index in [4.69, 9.17) is 0 Å². The number of carbonyl (C=O) groups excluding carboxylic acids is 1. The Morgan fingerprint density at radius 2 is 1.96 bits per heavy atom. The number of rotatable bonds is 8. The van der Waals surface area contributed by atoms with E-state index < -0.39 is 6.10 Å². The van der Waals surface area contributed by atoms with E-state index in [2.05, 4.69) is 24.3 Å². The quantitative estimate of drug-likeness (QED) is 0.655. The van der Waals surface area contributed by atoms with E-state index in [1.807, 2.05) is 24.6 Å². The summed E-state index contributed by atoms with van der Waals surface area (Å²) in [6.45, 7) is 8.53. The minimum absolute atomic E-state index is 0.0867. The minimum atomic E-state index is -0.881. The fraction of sp³-hybridized carbons (Fsp3) is 0.500. The molecule has 2 aromatic rings. The molecule has 1 heterocycles. The van der Waals surface area contributed by atoms with Crippen LogP contribution < -0.4 is 5.32 Å². The summed E-state index contributed by atoms with van der Waals surface area (Å²) in [5.74, 6) is 0.750. The van der Waals surface area contributed by atoms with E-state index in [1.165, 1.54) is 11.0 Å². The first-order chi connectivity index (χ1) is 12.9. The first-order valence-corrected chi connectivity index (χ1v) is 9.48. The maximum Gasteiger partial charge on any atom is 0.323 e. The summed E-state index contributed by atoms with van der Waals surface area (Å²) in [6.07, 6.45) is 0.969. The molecule has 0 saturated carbocycles. The Morgan fingerprint density at radius 3 is 2.56 bits per heavy atom. The predicted octanol–water partition coefficient (Wildman–Crippen LogP) is 3.85. The van der Waals surface area contributed by atoms with Gasteiger partial charge in [0.2, 0.25) is 0 Å². The number of hydrogen-bond acceptors (Lipinski definition) is 4. The number of likely N-dealkylation sites (N-methyl/N-ethyl adjacent to an activating group) is 1. The van der Waals surface area contributed by atoms with Crippen LogP contribution in [0.3, 0.4) is 0 Å². The Kier molecular flexibility index (Phi) is 7.24. The lowest BCUT2D eigenvalue weighted by molar-refractivity contribution is 0.128. The monoisotopic (exact) mass is 374 g/mol. The van der Waals surface area contributed by atoms with Crippen molar-refractivity contribution in [3.63, 3.8) is 0 Å². The standard InChI is InChI=1S/C20H30N4O3/c1-5-16(6-2)24-19(11-14(4)22-24)21-20(27)23(7-3)13-18(26)15-9-8-10-17(25)12-15/h8-12,16,18,25-26H,5-7,13H2,1-4H3,(H,21,27). The van der Waals surface area contributed by atoms with Crippen molar-refractivity contribution in [1.82, 2.24) is 14.7 Å². The van der Waals surface area contributed by atoms with E-state index in [9.17, 15) is 15.0 Å². The molecule has 1 aromatic carbocycles. The zero-order chi connectivity index (χ0) is 20.0. The molecule has 0 spiro atoms. The SMILES string of the molecule is CCC(CC)n1nc(C)cc1NC(=O)N(CC)CC(O)c1cccc(O)c1. The fourth-order valence-corrected chi connectivity index (χ4v) is 3.11. The number of aryl methyl sites for hydroxylation is 1. The first-order valence-electron chi connectivity index (χ1n) is 9.48. The molecule has 0 aliphatic heterocycles. The van der Waals surface area contributed by atoms with Crippen molar-refractivity contribution in [2.24, 2.45) is 0 Å². The van der Waals surface area contributed by atoms with Crippen LogP contribution in [0.15, 0.2) is 30.3 Å². The average Bonchev–Trinajstić information content (AvgIpc) is 3.00. The number of urea groups is 1. The number of phenols is 1. The number of benzene rings is 1. The summed E-state index contributed by atoms with van der Waals surface area (Å²) in [5.41, 5.74) is 1.42. The van der Waals surface area contributed by atoms with Crippen molar-refractivity contribution in [2.45, 2.75) is 52.7 Å². The van der Waals surface area contributed by atoms with Crippen molar-refractivity contribution in [1.29, 1.82) is 0 Å². The molecule has 3 N–H and O–H groups in total. The van der Waals surface area contributed by atoms with E-state index in [-0.39, 0.29) is 24.4 Å². The Balaban J connectivity index is 2.11. The van der Waals surface area contributed by atoms with Crippen molar-refractivity contribution in [3.05, 3.63) is 41.6 Å². The summed E-state index contributed by atoms with van der Waals surface area (Å²) in [4.78, 5) is 14.3. The number of aliphatic hydroxyl groups excluding tert-OH is 1. The second-order valence-electron chi connectivity index (χ2n) is 6.67. The van der Waals surface area contributed by atoms with Crippen molar-refractivity contribution in [2.75, 3.05) is 18.4 Å². The van der Waals surface area contributed by atoms with Gasteiger partial charge in [-0.05, 0) is 44.4 Å². The topological polar surface area (TPSA) is 90.6 Å². The molecule has 7 nitrogen and oxygen atoms in total. The highest BCUT2D eigenvalue weighted by molar-refractivity contribution is 5.88. The molecular formula is C20H30N4O3. The van der Waals surface area contributed by atoms with Crippen LogP contribution in [-0.2, 0) is 0 Å². The molecule has 0 fully saturated rings. The molecule has 1 unspecified atom stereocenters. The molecular weight excluding hydrogens is 344 g/mol. The Bertz CT molecular complexity index is 755. The molecule has 0 bridgehead atoms. The van der Waals surface area contributed by atoms with E-state index in [1.54, 1.807) is 18.2 Å². The van der Waals surface area contributed by atoms with E-state index >= 15 is 0 Å². The van der Waals surface area contributed by atoms with Crippen LogP contribution in [0.4, 0.5) is 10.6 Å². The van der Waals surface area contributed by atoms with Crippen molar-refractivity contribution < 1.29 is 15.0 Å². The molecule has 0 aliphatic carbocycles. The number of aromatic hydroxyl groups is 1. The third kappa shape index (κ3) is 5.23. The lowest BCUT2D eigenvalue weighted by Gasteiger charge is -2.25. The first kappa shape index (κ1) is 20.8. The predicted molar refractivity (Wildman–Crippen MR) is 106 cm³/mol. The Labute approximate surface area is 160 Å². The van der Waals surface area contributed by atoms with Crippen LogP contribution in [0.1, 0.15) is 57.0 Å². The van der Waals surface area contributed by atoms with Gasteiger partial charge in [-0.25, -0.2) is 9.48 Å². The van der Waals surface area contributed by atoms with Crippen LogP contribution in [0.5, 0.6) is 5.75 Å². The Morgan fingerprint density at radius 1 is 1.26 bits per heavy atom. The highest BCUT2D eigenvalue weighted by atomic mass is 16.3. The number of carbonyl (C=O) groups is 1. The summed E-state index contributed by atoms with van der Waals surface area (Å²) >= 11 is 0. The zero-order valence-electron chi connectivity index (χ0n) is 16.5. The van der Waals surface area contributed by atoms with E-state index in [0.29, 0.717) is 17.9 Å². The van der Waals surface area contributed by atoms with Gasteiger partial charge in [-0.15, -0.1) is 0 Å². The molecule has 0 radical (unpaired) electrons. The zero-order valence-corrected chi connectivity index (χ0v) is 16.5. The number of nitrogens with one attached hydrogen (secondary N) is 1. The summed E-state index contributed by atoms with van der Waals surface area (Å²) in [5, 5.41) is 27.5. The van der Waals surface area contributed by atoms with Gasteiger partial charge in [-0.2, -0.15) is 5.10 Å². The molecule has 148 valence electrons. The van der Waals surface area contributed by atoms with E-state index in [0.717, 1.165) is 18.5 Å². The van der Waals surface area contributed by atoms with Gasteiger partial charge < -0.3 is 15.1 Å². The summed E-state index contributed by atoms with van der Waals surface area (Å²) < 4.78 is 1.87. The molecule has 2 rings (SSSR count). The van der Waals surface area contributed by atoms with Gasteiger partial charge in [0.05, 0.1) is 24.4 Å². The van der Waals surface area contributed by atoms with Crippen LogP contribution in [-0.4, -0.2) is 44.0 Å². The average molecular weight is 374 g/mol. The van der Waals surface area contributed by atoms with Crippen LogP contribution in [0.2, 0.25) is 0 Å². The maximum atomic E-state index is 12.8. The van der Waals surface area contributed by atoms with Crippen LogP contribution in [0, 0.1) is 6.92 Å². The third-order valence-electron chi connectivity index (χ3n) is 4.70. The highest BCUT2D eigenvalue weighted by Gasteiger charge is 2.21. The second kappa shape index (κ2) is 9.41. The van der Waals surface area contributed by atoms with Crippen LogP contribution in [0.25, 0.3) is 0 Å². The largest absolute Gasteiger partial charge is 0.508 e. The third-order valence-corrected chi connectivity index (χ3v) is 4.70. The Hall–Kier alpha value is -2.54. The number of nitrogens with zero attached hydrogens (tertiary/aromatic N) is 3. The summed E-state index contributed by atoms with van der Waals surface area (Å²) in [7, 11) is 0. The molecule has 1 aromatic heterocycles. The maximum absolute atomic E-state index is 12.8. The second-order valence-corrected chi connectivity index (χ2v) is 6.67. The number of amides is 2. The van der Waals surface area contributed by atoms with Gasteiger partial charge in [0.15, 0.2) is 0 Å². The molecule has 0 saturated heterocycles. The number of anilines is 1. The van der Waals surface area contributed by atoms with Gasteiger partial charge in [0.1, 0.15) is 11.6 Å².